The molecule has 31 heavy (non-hydrogen) atoms. The minimum Gasteiger partial charge on any atom is -0.455 e. The molecule has 2 aromatic heterocycles. The Morgan fingerprint density at radius 1 is 1.13 bits per heavy atom. The Hall–Kier alpha value is -3.14. The highest BCUT2D eigenvalue weighted by Crippen LogP contribution is 2.18. The van der Waals surface area contributed by atoms with Gasteiger partial charge in [-0.3, -0.25) is 9.36 Å². The van der Waals surface area contributed by atoms with Crippen LogP contribution < -0.4 is 11.0 Å². The van der Waals surface area contributed by atoms with E-state index in [-0.39, 0.29) is 27.9 Å². The summed E-state index contributed by atoms with van der Waals surface area (Å²) in [6.07, 6.45) is 3.40. The maximum absolute atomic E-state index is 12.4. The van der Waals surface area contributed by atoms with Crippen molar-refractivity contribution >= 4 is 15.7 Å². The first-order valence-electron chi connectivity index (χ1n) is 10.3. The van der Waals surface area contributed by atoms with Crippen molar-refractivity contribution in [3.8, 4) is 0 Å². The van der Waals surface area contributed by atoms with Gasteiger partial charge in [-0.05, 0) is 43.5 Å². The number of hydrogen-bond acceptors (Lipinski definition) is 6. The highest BCUT2D eigenvalue weighted by Gasteiger charge is 2.19. The zero-order chi connectivity index (χ0) is 21.8. The van der Waals surface area contributed by atoms with Gasteiger partial charge in [0, 0.05) is 26.1 Å². The molecule has 10 heteroatoms. The summed E-state index contributed by atoms with van der Waals surface area (Å²) >= 11 is 0. The lowest BCUT2D eigenvalue weighted by molar-refractivity contribution is 0.0923. The maximum Gasteiger partial charge on any atom is 0.345 e. The number of hydrogen-bond donors (Lipinski definition) is 1. The van der Waals surface area contributed by atoms with Gasteiger partial charge in [0.1, 0.15) is 17.3 Å². The SMILES string of the molecule is O=C(NCCCn1nc2n(c1=O)CCCC2)c1ccc(CS(=O)(=O)c2ccccc2)o1. The van der Waals surface area contributed by atoms with Gasteiger partial charge < -0.3 is 9.73 Å². The summed E-state index contributed by atoms with van der Waals surface area (Å²) in [6.45, 7) is 1.47. The van der Waals surface area contributed by atoms with E-state index in [0.717, 1.165) is 25.1 Å². The molecule has 3 heterocycles. The third-order valence-corrected chi connectivity index (χ3v) is 6.84. The fraction of sp³-hybridized carbons (Fsp3) is 0.381. The monoisotopic (exact) mass is 444 g/mol. The number of fused-ring (bicyclic) bond motifs is 1. The van der Waals surface area contributed by atoms with Crippen molar-refractivity contribution in [1.82, 2.24) is 19.7 Å². The molecule has 0 aliphatic carbocycles. The van der Waals surface area contributed by atoms with Crippen LogP contribution in [0.1, 0.15) is 41.4 Å². The number of aromatic nitrogens is 3. The molecule has 0 bridgehead atoms. The Kier molecular flexibility index (Phi) is 6.08. The molecule has 0 radical (unpaired) electrons. The molecule has 1 N–H and O–H groups in total. The first-order chi connectivity index (χ1) is 14.9. The van der Waals surface area contributed by atoms with Crippen molar-refractivity contribution < 1.29 is 17.6 Å². The molecule has 1 aliphatic heterocycles. The molecule has 4 rings (SSSR count). The molecule has 3 aromatic rings. The number of nitrogens with zero attached hydrogens (tertiary/aromatic N) is 3. The third-order valence-electron chi connectivity index (χ3n) is 5.18. The quantitative estimate of drug-likeness (QED) is 0.529. The van der Waals surface area contributed by atoms with Crippen LogP contribution in [0.15, 0.2) is 56.6 Å². The highest BCUT2D eigenvalue weighted by atomic mass is 32.2. The molecule has 0 saturated heterocycles. The standard InChI is InChI=1S/C21H24N4O5S/c26-20(22-12-6-14-25-21(27)24-13-5-4-9-19(24)23-25)18-11-10-16(30-18)15-31(28,29)17-7-2-1-3-8-17/h1-3,7-8,10-11H,4-6,9,12-15H2,(H,22,26). The first kappa shape index (κ1) is 21.1. The second-order valence-electron chi connectivity index (χ2n) is 7.48. The number of nitrogens with one attached hydrogen (secondary N) is 1. The fourth-order valence-corrected chi connectivity index (χ4v) is 4.86. The summed E-state index contributed by atoms with van der Waals surface area (Å²) < 4.78 is 33.5. The van der Waals surface area contributed by atoms with Crippen LogP contribution in [0, 0.1) is 0 Å². The number of sulfone groups is 1. The van der Waals surface area contributed by atoms with Crippen LogP contribution in [0.5, 0.6) is 0 Å². The van der Waals surface area contributed by atoms with Crippen molar-refractivity contribution in [2.75, 3.05) is 6.54 Å². The number of amides is 1. The van der Waals surface area contributed by atoms with Crippen LogP contribution >= 0.6 is 0 Å². The normalized spacial score (nSPS) is 13.7. The molecular formula is C21H24N4O5S. The van der Waals surface area contributed by atoms with E-state index in [1.165, 1.54) is 28.9 Å². The molecule has 164 valence electrons. The largest absolute Gasteiger partial charge is 0.455 e. The van der Waals surface area contributed by atoms with Crippen LogP contribution in [0.2, 0.25) is 0 Å². The average Bonchev–Trinajstić information content (AvgIpc) is 3.36. The van der Waals surface area contributed by atoms with E-state index < -0.39 is 15.7 Å². The van der Waals surface area contributed by atoms with E-state index in [0.29, 0.717) is 26.1 Å². The van der Waals surface area contributed by atoms with Crippen LogP contribution in [-0.2, 0) is 35.1 Å². The predicted octanol–water partition coefficient (Wildman–Crippen LogP) is 1.77. The Labute approximate surface area is 179 Å². The Balaban J connectivity index is 1.29. The first-order valence-corrected chi connectivity index (χ1v) is 11.9. The number of rotatable bonds is 8. The Bertz CT molecular complexity index is 1220. The van der Waals surface area contributed by atoms with Crippen molar-refractivity contribution in [3.05, 3.63) is 70.3 Å². The smallest absolute Gasteiger partial charge is 0.345 e. The van der Waals surface area contributed by atoms with Crippen molar-refractivity contribution in [1.29, 1.82) is 0 Å². The maximum atomic E-state index is 12.4. The highest BCUT2D eigenvalue weighted by molar-refractivity contribution is 7.90. The van der Waals surface area contributed by atoms with E-state index in [1.807, 2.05) is 0 Å². The summed E-state index contributed by atoms with van der Waals surface area (Å²) in [5.74, 6) is 0.323. The van der Waals surface area contributed by atoms with Gasteiger partial charge in [-0.25, -0.2) is 17.9 Å². The summed E-state index contributed by atoms with van der Waals surface area (Å²) in [6, 6.07) is 11.0. The van der Waals surface area contributed by atoms with Gasteiger partial charge >= 0.3 is 5.69 Å². The van der Waals surface area contributed by atoms with E-state index in [4.69, 9.17) is 4.42 Å². The lowest BCUT2D eigenvalue weighted by Gasteiger charge is -2.09. The van der Waals surface area contributed by atoms with Gasteiger partial charge in [0.05, 0.1) is 4.90 Å². The number of furan rings is 1. The van der Waals surface area contributed by atoms with E-state index >= 15 is 0 Å². The van der Waals surface area contributed by atoms with Gasteiger partial charge in [0.15, 0.2) is 15.6 Å². The zero-order valence-corrected chi connectivity index (χ0v) is 17.8. The van der Waals surface area contributed by atoms with Gasteiger partial charge in [0.2, 0.25) is 0 Å². The number of benzene rings is 1. The van der Waals surface area contributed by atoms with E-state index in [2.05, 4.69) is 10.4 Å². The zero-order valence-electron chi connectivity index (χ0n) is 17.0. The summed E-state index contributed by atoms with van der Waals surface area (Å²) in [4.78, 5) is 24.8. The van der Waals surface area contributed by atoms with E-state index in [9.17, 15) is 18.0 Å². The number of carbonyl (C=O) groups excluding carboxylic acids is 1. The van der Waals surface area contributed by atoms with E-state index in [1.54, 1.807) is 22.8 Å². The average molecular weight is 445 g/mol. The minimum atomic E-state index is -3.55. The second-order valence-corrected chi connectivity index (χ2v) is 9.47. The van der Waals surface area contributed by atoms with Crippen LogP contribution in [0.25, 0.3) is 0 Å². The molecule has 1 amide bonds. The molecular weight excluding hydrogens is 420 g/mol. The number of carbonyl (C=O) groups is 1. The lowest BCUT2D eigenvalue weighted by Crippen LogP contribution is -2.29. The topological polar surface area (TPSA) is 116 Å². The molecule has 9 nitrogen and oxygen atoms in total. The second kappa shape index (κ2) is 8.93. The molecule has 0 unspecified atom stereocenters. The van der Waals surface area contributed by atoms with Crippen LogP contribution in [0.4, 0.5) is 0 Å². The Morgan fingerprint density at radius 3 is 2.71 bits per heavy atom. The van der Waals surface area contributed by atoms with Crippen molar-refractivity contribution in [3.63, 3.8) is 0 Å². The summed E-state index contributed by atoms with van der Waals surface area (Å²) in [5.41, 5.74) is -0.101. The summed E-state index contributed by atoms with van der Waals surface area (Å²) in [5, 5.41) is 7.09. The van der Waals surface area contributed by atoms with Gasteiger partial charge in [-0.1, -0.05) is 18.2 Å². The number of aryl methyl sites for hydroxylation is 2. The minimum absolute atomic E-state index is 0.0490. The molecule has 0 spiro atoms. The predicted molar refractivity (Wildman–Crippen MR) is 112 cm³/mol. The lowest BCUT2D eigenvalue weighted by atomic mass is 10.2. The molecule has 0 fully saturated rings. The molecule has 1 aromatic carbocycles. The fourth-order valence-electron chi connectivity index (χ4n) is 3.59. The van der Waals surface area contributed by atoms with Crippen molar-refractivity contribution in [2.24, 2.45) is 0 Å². The van der Waals surface area contributed by atoms with Crippen LogP contribution in [-0.4, -0.2) is 35.2 Å². The van der Waals surface area contributed by atoms with Gasteiger partial charge in [-0.2, -0.15) is 5.10 Å². The summed E-state index contributed by atoms with van der Waals surface area (Å²) in [7, 11) is -3.55. The van der Waals surface area contributed by atoms with Gasteiger partial charge in [0.25, 0.3) is 5.91 Å². The van der Waals surface area contributed by atoms with Crippen LogP contribution in [0.3, 0.4) is 0 Å². The molecule has 0 atom stereocenters. The molecule has 0 saturated carbocycles. The third kappa shape index (κ3) is 4.79. The van der Waals surface area contributed by atoms with Gasteiger partial charge in [-0.15, -0.1) is 0 Å². The molecule has 1 aliphatic rings. The Morgan fingerprint density at radius 2 is 1.94 bits per heavy atom. The van der Waals surface area contributed by atoms with Crippen molar-refractivity contribution in [2.45, 2.75) is 49.4 Å².